The van der Waals surface area contributed by atoms with Crippen molar-refractivity contribution < 1.29 is 5.11 Å². The Morgan fingerprint density at radius 3 is 2.45 bits per heavy atom. The maximum Gasteiger partial charge on any atom is 0.148 e. The summed E-state index contributed by atoms with van der Waals surface area (Å²) in [4.78, 5) is 4.50. The van der Waals surface area contributed by atoms with Crippen molar-refractivity contribution in [3.63, 3.8) is 0 Å². The van der Waals surface area contributed by atoms with E-state index in [2.05, 4.69) is 10.3 Å². The smallest absolute Gasteiger partial charge is 0.148 e. The lowest BCUT2D eigenvalue weighted by Crippen LogP contribution is -2.34. The van der Waals surface area contributed by atoms with E-state index in [4.69, 9.17) is 0 Å². The van der Waals surface area contributed by atoms with Crippen molar-refractivity contribution in [3.8, 4) is 0 Å². The zero-order chi connectivity index (χ0) is 14.2. The minimum absolute atomic E-state index is 0.407. The maximum absolute atomic E-state index is 10.4. The molecule has 2 rings (SSSR count). The van der Waals surface area contributed by atoms with Crippen LogP contribution in [0.4, 0.5) is 0 Å². The van der Waals surface area contributed by atoms with E-state index in [0.717, 1.165) is 18.5 Å². The van der Waals surface area contributed by atoms with Crippen molar-refractivity contribution in [2.45, 2.75) is 51.3 Å². The first-order valence-corrected chi connectivity index (χ1v) is 7.47. The van der Waals surface area contributed by atoms with E-state index in [1.165, 1.54) is 19.3 Å². The molecule has 3 heteroatoms. The van der Waals surface area contributed by atoms with Gasteiger partial charge in [0.2, 0.25) is 0 Å². The molecule has 0 amide bonds. The molecule has 1 aliphatic carbocycles. The van der Waals surface area contributed by atoms with E-state index in [1.54, 1.807) is 0 Å². The molecular formula is C17H24N2O. The van der Waals surface area contributed by atoms with Crippen molar-refractivity contribution in [2.75, 3.05) is 0 Å². The fraction of sp³-hybridized carbons (Fsp3) is 0.471. The Kier molecular flexibility index (Phi) is 5.96. The van der Waals surface area contributed by atoms with Crippen LogP contribution in [0.15, 0.2) is 42.5 Å². The van der Waals surface area contributed by atoms with Gasteiger partial charge in [-0.15, -0.1) is 0 Å². The first kappa shape index (κ1) is 14.9. The third-order valence-electron chi connectivity index (χ3n) is 3.63. The molecule has 1 aliphatic rings. The van der Waals surface area contributed by atoms with Crippen molar-refractivity contribution in [1.82, 2.24) is 10.3 Å². The molecule has 108 valence electrons. The normalized spacial score (nSPS) is 17.3. The van der Waals surface area contributed by atoms with Crippen LogP contribution >= 0.6 is 0 Å². The lowest BCUT2D eigenvalue weighted by molar-refractivity contribution is 0.110. The first-order chi connectivity index (χ1) is 9.75. The Morgan fingerprint density at radius 2 is 1.70 bits per heavy atom. The number of hydrogen-bond donors (Lipinski definition) is 2. The quantitative estimate of drug-likeness (QED) is 0.829. The van der Waals surface area contributed by atoms with Crippen LogP contribution < -0.4 is 5.32 Å². The van der Waals surface area contributed by atoms with E-state index in [-0.39, 0.29) is 0 Å². The van der Waals surface area contributed by atoms with Gasteiger partial charge in [-0.25, -0.2) is 0 Å². The molecule has 1 fully saturated rings. The standard InChI is InChI=1S/C17H24N2O/c1-14-10-6-3-2-4-9-13-16(18-14)17(20)19-15-11-7-5-8-12-15/h2-4,6,9-10,13,15,17,19-20H,5,7-8,11-12H2,1H3. The number of nitrogens with one attached hydrogen (secondary N) is 1. The van der Waals surface area contributed by atoms with Crippen LogP contribution in [-0.4, -0.2) is 16.1 Å². The van der Waals surface area contributed by atoms with Crippen LogP contribution in [-0.2, 0) is 0 Å². The van der Waals surface area contributed by atoms with Crippen LogP contribution in [0.5, 0.6) is 0 Å². The molecule has 0 saturated heterocycles. The molecule has 1 aromatic rings. The fourth-order valence-corrected chi connectivity index (χ4v) is 2.55. The minimum atomic E-state index is -0.700. The number of nitrogens with zero attached hydrogens (tertiary/aromatic N) is 1. The van der Waals surface area contributed by atoms with E-state index in [9.17, 15) is 5.11 Å². The van der Waals surface area contributed by atoms with Crippen LogP contribution in [0.1, 0.15) is 49.7 Å². The van der Waals surface area contributed by atoms with E-state index >= 15 is 0 Å². The van der Waals surface area contributed by atoms with E-state index in [0.29, 0.717) is 11.7 Å². The van der Waals surface area contributed by atoms with Crippen molar-refractivity contribution in [1.29, 1.82) is 0 Å². The number of aromatic nitrogens is 1. The average Bonchev–Trinajstić information content (AvgIpc) is 2.46. The van der Waals surface area contributed by atoms with Gasteiger partial charge >= 0.3 is 0 Å². The third kappa shape index (κ3) is 4.91. The summed E-state index contributed by atoms with van der Waals surface area (Å²) < 4.78 is 0. The summed E-state index contributed by atoms with van der Waals surface area (Å²) in [6.07, 6.45) is 5.40. The molecule has 2 N–H and O–H groups in total. The van der Waals surface area contributed by atoms with Gasteiger partial charge in [0.05, 0.1) is 5.69 Å². The molecule has 1 saturated carbocycles. The van der Waals surface area contributed by atoms with E-state index in [1.807, 2.05) is 49.4 Å². The summed E-state index contributed by atoms with van der Waals surface area (Å²) in [5.74, 6) is 0. The Morgan fingerprint density at radius 1 is 1.05 bits per heavy atom. The zero-order valence-corrected chi connectivity index (χ0v) is 12.1. The van der Waals surface area contributed by atoms with Gasteiger partial charge in [0.1, 0.15) is 6.23 Å². The van der Waals surface area contributed by atoms with Crippen LogP contribution in [0.2, 0.25) is 0 Å². The number of rotatable bonds is 3. The molecule has 1 atom stereocenters. The second-order valence-electron chi connectivity index (χ2n) is 5.38. The predicted molar refractivity (Wildman–Crippen MR) is 81.6 cm³/mol. The Bertz CT molecular complexity index is 468. The molecule has 0 radical (unpaired) electrons. The van der Waals surface area contributed by atoms with Gasteiger partial charge in [-0.2, -0.15) is 0 Å². The summed E-state index contributed by atoms with van der Waals surface area (Å²) in [6.45, 7) is 1.94. The summed E-state index contributed by atoms with van der Waals surface area (Å²) in [5.41, 5.74) is 1.56. The van der Waals surface area contributed by atoms with Crippen molar-refractivity contribution in [2.24, 2.45) is 0 Å². The first-order valence-electron chi connectivity index (χ1n) is 7.47. The molecule has 20 heavy (non-hydrogen) atoms. The van der Waals surface area contributed by atoms with E-state index < -0.39 is 6.23 Å². The van der Waals surface area contributed by atoms with Gasteiger partial charge in [0.25, 0.3) is 0 Å². The lowest BCUT2D eigenvalue weighted by atomic mass is 9.95. The molecule has 0 bridgehead atoms. The number of hydrogen-bond acceptors (Lipinski definition) is 3. The monoisotopic (exact) mass is 272 g/mol. The Hall–Kier alpha value is -1.45. The van der Waals surface area contributed by atoms with Crippen molar-refractivity contribution in [3.05, 3.63) is 53.9 Å². The molecule has 0 spiro atoms. The highest BCUT2D eigenvalue weighted by atomic mass is 16.3. The highest BCUT2D eigenvalue weighted by Crippen LogP contribution is 2.19. The van der Waals surface area contributed by atoms with Crippen molar-refractivity contribution >= 4 is 0 Å². The largest absolute Gasteiger partial charge is 0.373 e. The summed E-state index contributed by atoms with van der Waals surface area (Å²) in [7, 11) is 0. The molecule has 1 unspecified atom stereocenters. The summed E-state index contributed by atoms with van der Waals surface area (Å²) >= 11 is 0. The Balaban J connectivity index is 2.15. The highest BCUT2D eigenvalue weighted by molar-refractivity contribution is 5.09. The molecule has 0 aromatic carbocycles. The second-order valence-corrected chi connectivity index (χ2v) is 5.38. The van der Waals surface area contributed by atoms with Crippen LogP contribution in [0.3, 0.4) is 0 Å². The number of aliphatic hydroxyl groups excluding tert-OH is 1. The second kappa shape index (κ2) is 7.98. The fourth-order valence-electron chi connectivity index (χ4n) is 2.55. The van der Waals surface area contributed by atoms with Gasteiger partial charge in [-0.1, -0.05) is 49.6 Å². The third-order valence-corrected chi connectivity index (χ3v) is 3.63. The molecular weight excluding hydrogens is 248 g/mol. The summed E-state index contributed by atoms with van der Waals surface area (Å²) in [6, 6.07) is 13.9. The highest BCUT2D eigenvalue weighted by Gasteiger charge is 2.17. The van der Waals surface area contributed by atoms with Gasteiger partial charge in [-0.05, 0) is 31.9 Å². The molecule has 1 heterocycles. The topological polar surface area (TPSA) is 45.1 Å². The summed E-state index contributed by atoms with van der Waals surface area (Å²) in [5, 5.41) is 13.7. The van der Waals surface area contributed by atoms with Gasteiger partial charge in [-0.3, -0.25) is 10.3 Å². The molecule has 3 nitrogen and oxygen atoms in total. The number of aryl methyl sites for hydroxylation is 1. The van der Waals surface area contributed by atoms with Crippen LogP contribution in [0, 0.1) is 6.92 Å². The zero-order valence-electron chi connectivity index (χ0n) is 12.1. The Labute approximate surface area is 121 Å². The van der Waals surface area contributed by atoms with Gasteiger partial charge in [0.15, 0.2) is 0 Å². The minimum Gasteiger partial charge on any atom is -0.373 e. The lowest BCUT2D eigenvalue weighted by Gasteiger charge is -2.25. The molecule has 0 aliphatic heterocycles. The van der Waals surface area contributed by atoms with Crippen LogP contribution in [0.25, 0.3) is 0 Å². The number of aliphatic hydroxyl groups is 1. The molecule has 1 aromatic heterocycles. The maximum atomic E-state index is 10.4. The predicted octanol–water partition coefficient (Wildman–Crippen LogP) is 3.43. The van der Waals surface area contributed by atoms with Gasteiger partial charge in [0, 0.05) is 11.7 Å². The SMILES string of the molecule is Cc1cccccccc(C(O)NC2CCCCC2)n1. The average molecular weight is 272 g/mol. The van der Waals surface area contributed by atoms with Gasteiger partial charge < -0.3 is 5.11 Å².